The van der Waals surface area contributed by atoms with Crippen molar-refractivity contribution in [2.45, 2.75) is 19.9 Å². The van der Waals surface area contributed by atoms with E-state index in [1.165, 1.54) is 5.56 Å². The SMILES string of the molecule is CCCN1NC(COC)=C(C#CCOC)N1Cc1ccccc1. The molecule has 5 heteroatoms. The Labute approximate surface area is 138 Å². The summed E-state index contributed by atoms with van der Waals surface area (Å²) in [5.41, 5.74) is 6.58. The van der Waals surface area contributed by atoms with Gasteiger partial charge in [-0.05, 0) is 17.9 Å². The van der Waals surface area contributed by atoms with Crippen LogP contribution in [0.1, 0.15) is 18.9 Å². The molecule has 124 valence electrons. The van der Waals surface area contributed by atoms with Gasteiger partial charge in [-0.25, -0.2) is 0 Å². The highest BCUT2D eigenvalue weighted by molar-refractivity contribution is 5.35. The van der Waals surface area contributed by atoms with Crippen molar-refractivity contribution in [1.29, 1.82) is 0 Å². The van der Waals surface area contributed by atoms with Crippen LogP contribution in [0.15, 0.2) is 41.7 Å². The summed E-state index contributed by atoms with van der Waals surface area (Å²) >= 11 is 0. The molecule has 1 N–H and O–H groups in total. The molecule has 0 spiro atoms. The number of hydrazine groups is 2. The van der Waals surface area contributed by atoms with Crippen LogP contribution in [0, 0.1) is 11.8 Å². The second-order valence-electron chi connectivity index (χ2n) is 5.27. The third kappa shape index (κ3) is 4.73. The van der Waals surface area contributed by atoms with Crippen LogP contribution in [0.3, 0.4) is 0 Å². The number of benzene rings is 1. The molecule has 1 aromatic carbocycles. The lowest BCUT2D eigenvalue weighted by Gasteiger charge is -2.29. The van der Waals surface area contributed by atoms with Gasteiger partial charge < -0.3 is 14.9 Å². The second-order valence-corrected chi connectivity index (χ2v) is 5.27. The first kappa shape index (κ1) is 17.4. The Kier molecular flexibility index (Phi) is 6.95. The number of rotatable bonds is 7. The van der Waals surface area contributed by atoms with E-state index in [0.29, 0.717) is 13.2 Å². The average molecular weight is 315 g/mol. The summed E-state index contributed by atoms with van der Waals surface area (Å²) in [5, 5.41) is 4.29. The third-order valence-corrected chi connectivity index (χ3v) is 3.42. The number of nitrogens with one attached hydrogen (secondary N) is 1. The summed E-state index contributed by atoms with van der Waals surface area (Å²) in [4.78, 5) is 0. The van der Waals surface area contributed by atoms with Crippen LogP contribution < -0.4 is 5.43 Å². The molecule has 2 rings (SSSR count). The normalized spacial score (nSPS) is 14.7. The molecule has 5 nitrogen and oxygen atoms in total. The Morgan fingerprint density at radius 1 is 1.13 bits per heavy atom. The van der Waals surface area contributed by atoms with Gasteiger partial charge in [0, 0.05) is 20.8 Å². The largest absolute Gasteiger partial charge is 0.378 e. The van der Waals surface area contributed by atoms with Gasteiger partial charge in [0.1, 0.15) is 12.3 Å². The second kappa shape index (κ2) is 9.21. The van der Waals surface area contributed by atoms with E-state index < -0.39 is 0 Å². The fraction of sp³-hybridized carbons (Fsp3) is 0.444. The summed E-state index contributed by atoms with van der Waals surface area (Å²) in [6.45, 7) is 4.74. The molecule has 0 amide bonds. The number of ether oxygens (including phenoxy) is 2. The fourth-order valence-electron chi connectivity index (χ4n) is 2.43. The third-order valence-electron chi connectivity index (χ3n) is 3.42. The van der Waals surface area contributed by atoms with Gasteiger partial charge in [-0.3, -0.25) is 5.01 Å². The summed E-state index contributed by atoms with van der Waals surface area (Å²) in [5.74, 6) is 6.27. The van der Waals surface area contributed by atoms with Gasteiger partial charge in [-0.15, -0.1) is 5.12 Å². The predicted octanol–water partition coefficient (Wildman–Crippen LogP) is 2.14. The van der Waals surface area contributed by atoms with Gasteiger partial charge in [0.15, 0.2) is 0 Å². The average Bonchev–Trinajstić information content (AvgIpc) is 2.87. The minimum atomic E-state index is 0.413. The van der Waals surface area contributed by atoms with Crippen LogP contribution in [0.4, 0.5) is 0 Å². The van der Waals surface area contributed by atoms with Crippen molar-refractivity contribution in [1.82, 2.24) is 15.6 Å². The maximum Gasteiger partial charge on any atom is 0.127 e. The van der Waals surface area contributed by atoms with E-state index in [4.69, 9.17) is 9.47 Å². The molecule has 1 aliphatic heterocycles. The molecule has 23 heavy (non-hydrogen) atoms. The molecule has 1 aromatic rings. The van der Waals surface area contributed by atoms with E-state index in [1.54, 1.807) is 14.2 Å². The molecule has 0 unspecified atom stereocenters. The van der Waals surface area contributed by atoms with Gasteiger partial charge in [0.05, 0.1) is 18.8 Å². The molecule has 0 saturated carbocycles. The van der Waals surface area contributed by atoms with Gasteiger partial charge in [0.2, 0.25) is 0 Å². The van der Waals surface area contributed by atoms with Gasteiger partial charge in [0.25, 0.3) is 0 Å². The van der Waals surface area contributed by atoms with Gasteiger partial charge >= 0.3 is 0 Å². The number of allylic oxidation sites excluding steroid dienone is 1. The molecule has 0 aromatic heterocycles. The fourth-order valence-corrected chi connectivity index (χ4v) is 2.43. The maximum atomic E-state index is 5.31. The first-order valence-electron chi connectivity index (χ1n) is 7.85. The Hall–Kier alpha value is -2.00. The zero-order valence-electron chi connectivity index (χ0n) is 14.1. The Balaban J connectivity index is 2.27. The van der Waals surface area contributed by atoms with E-state index in [2.05, 4.69) is 58.6 Å². The lowest BCUT2D eigenvalue weighted by molar-refractivity contribution is -0.00911. The lowest BCUT2D eigenvalue weighted by atomic mass is 10.2. The molecule has 0 saturated heterocycles. The van der Waals surface area contributed by atoms with Crippen molar-refractivity contribution in [3.8, 4) is 11.8 Å². The summed E-state index contributed by atoms with van der Waals surface area (Å²) < 4.78 is 10.4. The highest BCUT2D eigenvalue weighted by Gasteiger charge is 2.28. The first-order chi connectivity index (χ1) is 11.3. The molecular formula is C18H25N3O2. The van der Waals surface area contributed by atoms with Crippen molar-refractivity contribution in [3.05, 3.63) is 47.3 Å². The lowest BCUT2D eigenvalue weighted by Crippen LogP contribution is -2.43. The number of methoxy groups -OCH3 is 2. The minimum Gasteiger partial charge on any atom is -0.378 e. The number of hydrogen-bond acceptors (Lipinski definition) is 5. The van der Waals surface area contributed by atoms with Crippen LogP contribution in [0.25, 0.3) is 0 Å². The summed E-state index contributed by atoms with van der Waals surface area (Å²) in [7, 11) is 3.34. The minimum absolute atomic E-state index is 0.413. The topological polar surface area (TPSA) is 37.0 Å². The van der Waals surface area contributed by atoms with Crippen LogP contribution in [-0.2, 0) is 16.0 Å². The van der Waals surface area contributed by atoms with E-state index in [0.717, 1.165) is 30.9 Å². The van der Waals surface area contributed by atoms with Crippen LogP contribution in [0.5, 0.6) is 0 Å². The molecule has 0 radical (unpaired) electrons. The van der Waals surface area contributed by atoms with E-state index in [9.17, 15) is 0 Å². The van der Waals surface area contributed by atoms with Crippen molar-refractivity contribution in [3.63, 3.8) is 0 Å². The van der Waals surface area contributed by atoms with Crippen molar-refractivity contribution in [2.24, 2.45) is 0 Å². The maximum absolute atomic E-state index is 5.31. The smallest absolute Gasteiger partial charge is 0.127 e. The Morgan fingerprint density at radius 2 is 1.91 bits per heavy atom. The van der Waals surface area contributed by atoms with Crippen molar-refractivity contribution >= 4 is 0 Å². The van der Waals surface area contributed by atoms with Crippen molar-refractivity contribution < 1.29 is 9.47 Å². The van der Waals surface area contributed by atoms with Crippen LogP contribution >= 0.6 is 0 Å². The summed E-state index contributed by atoms with van der Waals surface area (Å²) in [6, 6.07) is 10.4. The Bertz CT molecular complexity index is 575. The molecule has 0 fully saturated rings. The molecule has 0 aliphatic carbocycles. The molecular weight excluding hydrogens is 290 g/mol. The van der Waals surface area contributed by atoms with E-state index in [-0.39, 0.29) is 0 Å². The quantitative estimate of drug-likeness (QED) is 0.780. The molecule has 1 aliphatic rings. The monoisotopic (exact) mass is 315 g/mol. The first-order valence-corrected chi connectivity index (χ1v) is 7.85. The Morgan fingerprint density at radius 3 is 2.57 bits per heavy atom. The highest BCUT2D eigenvalue weighted by Crippen LogP contribution is 2.22. The van der Waals surface area contributed by atoms with Crippen LogP contribution in [-0.4, -0.2) is 44.1 Å². The van der Waals surface area contributed by atoms with Crippen molar-refractivity contribution in [2.75, 3.05) is 34.0 Å². The molecule has 0 atom stereocenters. The molecule has 1 heterocycles. The highest BCUT2D eigenvalue weighted by atomic mass is 16.5. The number of nitrogens with zero attached hydrogens (tertiary/aromatic N) is 2. The summed E-state index contributed by atoms with van der Waals surface area (Å²) in [6.07, 6.45) is 1.04. The zero-order valence-corrected chi connectivity index (χ0v) is 14.1. The van der Waals surface area contributed by atoms with Gasteiger partial charge in [-0.2, -0.15) is 0 Å². The van der Waals surface area contributed by atoms with E-state index >= 15 is 0 Å². The van der Waals surface area contributed by atoms with Crippen LogP contribution in [0.2, 0.25) is 0 Å². The molecule has 0 bridgehead atoms. The predicted molar refractivity (Wildman–Crippen MR) is 90.7 cm³/mol. The van der Waals surface area contributed by atoms with Gasteiger partial charge in [-0.1, -0.05) is 43.2 Å². The zero-order chi connectivity index (χ0) is 16.5. The standard InChI is InChI=1S/C18H25N3O2/c1-4-12-21-19-17(15-23-3)18(11-8-13-22-2)20(21)14-16-9-6-5-7-10-16/h5-7,9-10,19H,4,12-15H2,1-3H3. The number of hydrogen-bond donors (Lipinski definition) is 1. The van der Waals surface area contributed by atoms with E-state index in [1.807, 2.05) is 6.07 Å².